The molecule has 3 aromatic rings. The Bertz CT molecular complexity index is 1300. The number of hydrogen-bond donors (Lipinski definition) is 0. The molecule has 9 nitrogen and oxygen atoms in total. The maximum Gasteiger partial charge on any atom is 0.263 e. The largest absolute Gasteiger partial charge is 0.497 e. The number of rotatable bonds is 7. The van der Waals surface area contributed by atoms with Crippen LogP contribution in [0.4, 0.5) is 5.69 Å². The SMILES string of the molecule is COc1ccc(CN2C(=O)c3cccc(N4CCC(C(=O)N(C)[C@@H](C)c5ccon5)CC4)c3C2=O)cc1. The molecule has 9 heteroatoms. The number of carbonyl (C=O) groups excluding carboxylic acids is 3. The highest BCUT2D eigenvalue weighted by molar-refractivity contribution is 6.23. The number of piperidine rings is 1. The number of hydrogen-bond acceptors (Lipinski definition) is 7. The predicted octanol–water partition coefficient (Wildman–Crippen LogP) is 3.92. The van der Waals surface area contributed by atoms with Gasteiger partial charge in [-0.15, -0.1) is 0 Å². The van der Waals surface area contributed by atoms with Crippen molar-refractivity contribution in [3.8, 4) is 5.75 Å². The van der Waals surface area contributed by atoms with Crippen molar-refractivity contribution < 1.29 is 23.6 Å². The molecule has 1 saturated heterocycles. The molecule has 0 N–H and O–H groups in total. The van der Waals surface area contributed by atoms with E-state index in [4.69, 9.17) is 9.26 Å². The average molecular weight is 503 g/mol. The topological polar surface area (TPSA) is 96.2 Å². The van der Waals surface area contributed by atoms with Crippen LogP contribution in [0.2, 0.25) is 0 Å². The van der Waals surface area contributed by atoms with Gasteiger partial charge in [0.05, 0.1) is 36.5 Å². The van der Waals surface area contributed by atoms with Crippen LogP contribution in [-0.2, 0) is 11.3 Å². The summed E-state index contributed by atoms with van der Waals surface area (Å²) in [6, 6.07) is 14.3. The van der Waals surface area contributed by atoms with Gasteiger partial charge in [0.1, 0.15) is 17.7 Å². The minimum Gasteiger partial charge on any atom is -0.497 e. The van der Waals surface area contributed by atoms with Gasteiger partial charge in [-0.3, -0.25) is 19.3 Å². The van der Waals surface area contributed by atoms with E-state index in [1.165, 1.54) is 11.2 Å². The highest BCUT2D eigenvalue weighted by Gasteiger charge is 2.39. The molecule has 0 aliphatic carbocycles. The summed E-state index contributed by atoms with van der Waals surface area (Å²) in [7, 11) is 3.39. The van der Waals surface area contributed by atoms with Crippen LogP contribution >= 0.6 is 0 Å². The summed E-state index contributed by atoms with van der Waals surface area (Å²) in [6.45, 7) is 3.37. The highest BCUT2D eigenvalue weighted by Crippen LogP contribution is 2.35. The minimum atomic E-state index is -0.286. The first-order valence-electron chi connectivity index (χ1n) is 12.4. The third-order valence-electron chi connectivity index (χ3n) is 7.48. The van der Waals surface area contributed by atoms with Crippen molar-refractivity contribution >= 4 is 23.4 Å². The summed E-state index contributed by atoms with van der Waals surface area (Å²) >= 11 is 0. The molecule has 192 valence electrons. The van der Waals surface area contributed by atoms with Gasteiger partial charge in [-0.1, -0.05) is 23.4 Å². The molecule has 3 heterocycles. The molecule has 0 spiro atoms. The van der Waals surface area contributed by atoms with E-state index < -0.39 is 0 Å². The van der Waals surface area contributed by atoms with Crippen molar-refractivity contribution in [1.29, 1.82) is 0 Å². The molecule has 1 atom stereocenters. The smallest absolute Gasteiger partial charge is 0.263 e. The molecular formula is C28H30N4O5. The predicted molar refractivity (Wildman–Crippen MR) is 136 cm³/mol. The van der Waals surface area contributed by atoms with Crippen LogP contribution in [-0.4, -0.2) is 59.9 Å². The summed E-state index contributed by atoms with van der Waals surface area (Å²) in [5.41, 5.74) is 3.19. The molecule has 5 rings (SSSR count). The second-order valence-electron chi connectivity index (χ2n) is 9.55. The van der Waals surface area contributed by atoms with Gasteiger partial charge in [-0.2, -0.15) is 0 Å². The van der Waals surface area contributed by atoms with E-state index in [0.29, 0.717) is 42.8 Å². The van der Waals surface area contributed by atoms with Crippen LogP contribution in [0, 0.1) is 5.92 Å². The van der Waals surface area contributed by atoms with Gasteiger partial charge < -0.3 is 19.1 Å². The summed E-state index contributed by atoms with van der Waals surface area (Å²) in [5.74, 6) is 0.104. The third-order valence-corrected chi connectivity index (χ3v) is 7.48. The van der Waals surface area contributed by atoms with Crippen LogP contribution in [0.5, 0.6) is 5.75 Å². The number of aromatic nitrogens is 1. The lowest BCUT2D eigenvalue weighted by atomic mass is 9.93. The van der Waals surface area contributed by atoms with E-state index in [1.54, 1.807) is 31.2 Å². The first kappa shape index (κ1) is 24.5. The van der Waals surface area contributed by atoms with E-state index in [2.05, 4.69) is 10.1 Å². The molecular weight excluding hydrogens is 472 g/mol. The monoisotopic (exact) mass is 502 g/mol. The molecule has 0 radical (unpaired) electrons. The molecule has 2 aliphatic heterocycles. The van der Waals surface area contributed by atoms with Crippen molar-refractivity contribution in [2.24, 2.45) is 5.92 Å². The average Bonchev–Trinajstić information content (AvgIpc) is 3.56. The molecule has 1 fully saturated rings. The fourth-order valence-electron chi connectivity index (χ4n) is 5.12. The lowest BCUT2D eigenvalue weighted by Gasteiger charge is -2.36. The Balaban J connectivity index is 1.27. The van der Waals surface area contributed by atoms with Gasteiger partial charge >= 0.3 is 0 Å². The Morgan fingerprint density at radius 2 is 1.84 bits per heavy atom. The fourth-order valence-corrected chi connectivity index (χ4v) is 5.12. The van der Waals surface area contributed by atoms with E-state index in [0.717, 1.165) is 16.9 Å². The maximum atomic E-state index is 13.4. The minimum absolute atomic E-state index is 0.0744. The van der Waals surface area contributed by atoms with E-state index >= 15 is 0 Å². The fraction of sp³-hybridized carbons (Fsp3) is 0.357. The molecule has 1 aromatic heterocycles. The molecule has 0 bridgehead atoms. The summed E-state index contributed by atoms with van der Waals surface area (Å²) in [5, 5.41) is 3.96. The van der Waals surface area contributed by atoms with Crippen molar-refractivity contribution in [2.45, 2.75) is 32.4 Å². The van der Waals surface area contributed by atoms with Crippen LogP contribution in [0.3, 0.4) is 0 Å². The van der Waals surface area contributed by atoms with Crippen molar-refractivity contribution in [1.82, 2.24) is 15.0 Å². The second kappa shape index (κ2) is 10.1. The Morgan fingerprint density at radius 3 is 2.49 bits per heavy atom. The Morgan fingerprint density at radius 1 is 1.11 bits per heavy atom. The molecule has 0 saturated carbocycles. The van der Waals surface area contributed by atoms with Crippen molar-refractivity contribution in [3.05, 3.63) is 77.2 Å². The maximum absolute atomic E-state index is 13.4. The Kier molecular flexibility index (Phi) is 6.69. The number of nitrogens with zero attached hydrogens (tertiary/aromatic N) is 4. The number of imide groups is 1. The van der Waals surface area contributed by atoms with Gasteiger partial charge in [0.2, 0.25) is 5.91 Å². The van der Waals surface area contributed by atoms with Gasteiger partial charge in [-0.25, -0.2) is 0 Å². The van der Waals surface area contributed by atoms with Crippen LogP contribution in [0.15, 0.2) is 59.3 Å². The quantitative estimate of drug-likeness (QED) is 0.452. The van der Waals surface area contributed by atoms with Gasteiger partial charge in [0.15, 0.2) is 0 Å². The summed E-state index contributed by atoms with van der Waals surface area (Å²) in [6.07, 6.45) is 2.83. The van der Waals surface area contributed by atoms with Gasteiger partial charge in [-0.05, 0) is 49.6 Å². The standard InChI is InChI=1S/C28H30N4O5/c1-18(23-13-16-37-29-23)30(2)26(33)20-11-14-31(15-12-20)24-6-4-5-22-25(24)28(35)32(27(22)34)17-19-7-9-21(36-3)10-8-19/h4-10,13,16,18,20H,11-12,14-15,17H2,1-3H3/t18-/m0/s1. The van der Waals surface area contributed by atoms with Crippen molar-refractivity contribution in [2.75, 3.05) is 32.1 Å². The normalized spacial score (nSPS) is 16.6. The zero-order chi connectivity index (χ0) is 26.1. The molecule has 37 heavy (non-hydrogen) atoms. The number of methoxy groups -OCH3 is 1. The Hall–Kier alpha value is -4.14. The molecule has 0 unspecified atom stereocenters. The zero-order valence-electron chi connectivity index (χ0n) is 21.2. The molecule has 2 aliphatic rings. The Labute approximate surface area is 215 Å². The number of benzene rings is 2. The van der Waals surface area contributed by atoms with E-state index in [-0.39, 0.29) is 36.2 Å². The zero-order valence-corrected chi connectivity index (χ0v) is 21.2. The van der Waals surface area contributed by atoms with Gasteiger partial charge in [0.25, 0.3) is 11.8 Å². The van der Waals surface area contributed by atoms with Crippen molar-refractivity contribution in [3.63, 3.8) is 0 Å². The van der Waals surface area contributed by atoms with E-state index in [9.17, 15) is 14.4 Å². The number of ether oxygens (including phenoxy) is 1. The number of amides is 3. The second-order valence-corrected chi connectivity index (χ2v) is 9.55. The highest BCUT2D eigenvalue weighted by atomic mass is 16.5. The number of carbonyl (C=O) groups is 3. The third kappa shape index (κ3) is 4.57. The summed E-state index contributed by atoms with van der Waals surface area (Å²) < 4.78 is 10.1. The lowest BCUT2D eigenvalue weighted by molar-refractivity contribution is -0.136. The number of anilines is 1. The first-order valence-corrected chi connectivity index (χ1v) is 12.4. The van der Waals surface area contributed by atoms with E-state index in [1.807, 2.05) is 43.3 Å². The summed E-state index contributed by atoms with van der Waals surface area (Å²) in [4.78, 5) is 44.9. The van der Waals surface area contributed by atoms with Crippen LogP contribution < -0.4 is 9.64 Å². The molecule has 3 amide bonds. The van der Waals surface area contributed by atoms with Crippen LogP contribution in [0.1, 0.15) is 57.8 Å². The first-order chi connectivity index (χ1) is 17.9. The van der Waals surface area contributed by atoms with Gasteiger partial charge in [0, 0.05) is 32.1 Å². The molecule has 2 aromatic carbocycles. The lowest BCUT2D eigenvalue weighted by Crippen LogP contribution is -2.42. The van der Waals surface area contributed by atoms with Crippen LogP contribution in [0.25, 0.3) is 0 Å². The number of fused-ring (bicyclic) bond motifs is 1.